The smallest absolute Gasteiger partial charge is 0.345 e. The molecule has 1 amide bonds. The van der Waals surface area contributed by atoms with E-state index in [1.54, 1.807) is 23.6 Å². The normalized spacial score (nSPS) is 11.9. The number of aromatic nitrogens is 4. The van der Waals surface area contributed by atoms with Crippen LogP contribution < -0.4 is 5.32 Å². The van der Waals surface area contributed by atoms with Gasteiger partial charge in [-0.05, 0) is 32.0 Å². The van der Waals surface area contributed by atoms with Crippen molar-refractivity contribution in [3.63, 3.8) is 0 Å². The predicted octanol–water partition coefficient (Wildman–Crippen LogP) is 2.64. The largest absolute Gasteiger partial charge is 0.406 e. The molecule has 0 spiro atoms. The molecule has 0 aromatic carbocycles. The van der Waals surface area contributed by atoms with E-state index in [1.165, 1.54) is 13.0 Å². The van der Waals surface area contributed by atoms with E-state index >= 15 is 0 Å². The van der Waals surface area contributed by atoms with Crippen molar-refractivity contribution in [2.24, 2.45) is 0 Å². The third kappa shape index (κ3) is 3.49. The van der Waals surface area contributed by atoms with Gasteiger partial charge in [-0.25, -0.2) is 0 Å². The van der Waals surface area contributed by atoms with Crippen LogP contribution in [0.2, 0.25) is 0 Å². The first-order valence-electron chi connectivity index (χ1n) is 7.56. The van der Waals surface area contributed by atoms with Gasteiger partial charge in [-0.3, -0.25) is 9.20 Å². The van der Waals surface area contributed by atoms with Crippen LogP contribution in [0.1, 0.15) is 27.6 Å². The lowest BCUT2D eigenvalue weighted by atomic mass is 10.2. The van der Waals surface area contributed by atoms with Gasteiger partial charge in [0.2, 0.25) is 0 Å². The second kappa shape index (κ2) is 6.23. The van der Waals surface area contributed by atoms with Crippen molar-refractivity contribution in [1.29, 1.82) is 0 Å². The second-order valence-corrected chi connectivity index (χ2v) is 5.71. The van der Waals surface area contributed by atoms with Gasteiger partial charge in [-0.15, -0.1) is 10.2 Å². The molecule has 0 saturated heterocycles. The molecule has 3 heterocycles. The summed E-state index contributed by atoms with van der Waals surface area (Å²) in [6.45, 7) is 2.04. The number of aryl methyl sites for hydroxylation is 1. The van der Waals surface area contributed by atoms with Gasteiger partial charge in [0.1, 0.15) is 6.54 Å². The van der Waals surface area contributed by atoms with Crippen LogP contribution in [0, 0.1) is 13.8 Å². The van der Waals surface area contributed by atoms with Crippen LogP contribution in [-0.4, -0.2) is 31.2 Å². The molecule has 1 N–H and O–H groups in total. The maximum Gasteiger partial charge on any atom is 0.406 e. The number of carbonyl (C=O) groups excluding carboxylic acids is 1. The standard InChI is InChI=1S/C16H16F3N5O/c1-10-7-12(11(2)24(10)9-16(17,18)19)15(25)20-8-14-22-21-13-5-3-4-6-23(13)14/h3-7H,8-9H2,1-2H3,(H,20,25). The van der Waals surface area contributed by atoms with Crippen molar-refractivity contribution in [1.82, 2.24) is 24.5 Å². The van der Waals surface area contributed by atoms with Crippen molar-refractivity contribution in [3.05, 3.63) is 53.2 Å². The minimum Gasteiger partial charge on any atom is -0.345 e. The first-order valence-corrected chi connectivity index (χ1v) is 7.56. The van der Waals surface area contributed by atoms with Crippen molar-refractivity contribution in [2.45, 2.75) is 33.1 Å². The van der Waals surface area contributed by atoms with E-state index in [2.05, 4.69) is 15.5 Å². The summed E-state index contributed by atoms with van der Waals surface area (Å²) in [5.74, 6) is 0.0854. The molecule has 9 heteroatoms. The summed E-state index contributed by atoms with van der Waals surface area (Å²) in [4.78, 5) is 12.4. The van der Waals surface area contributed by atoms with Gasteiger partial charge < -0.3 is 9.88 Å². The molecular formula is C16H16F3N5O. The highest BCUT2D eigenvalue weighted by atomic mass is 19.4. The number of pyridine rings is 1. The highest BCUT2D eigenvalue weighted by Gasteiger charge is 2.30. The number of rotatable bonds is 4. The van der Waals surface area contributed by atoms with Gasteiger partial charge in [-0.2, -0.15) is 13.2 Å². The molecule has 0 bridgehead atoms. The summed E-state index contributed by atoms with van der Waals surface area (Å²) < 4.78 is 40.8. The molecule has 0 fully saturated rings. The average molecular weight is 351 g/mol. The fourth-order valence-corrected chi connectivity index (χ4v) is 2.72. The number of carbonyl (C=O) groups is 1. The van der Waals surface area contributed by atoms with E-state index in [4.69, 9.17) is 0 Å². The minimum absolute atomic E-state index is 0.118. The molecule has 0 aliphatic rings. The Balaban J connectivity index is 1.77. The third-order valence-corrected chi connectivity index (χ3v) is 3.95. The summed E-state index contributed by atoms with van der Waals surface area (Å²) in [5.41, 5.74) is 1.53. The number of alkyl halides is 3. The number of hydrogen-bond donors (Lipinski definition) is 1. The summed E-state index contributed by atoms with van der Waals surface area (Å²) >= 11 is 0. The molecule has 132 valence electrons. The van der Waals surface area contributed by atoms with Crippen molar-refractivity contribution in [2.75, 3.05) is 0 Å². The lowest BCUT2D eigenvalue weighted by molar-refractivity contribution is -0.141. The average Bonchev–Trinajstić information content (AvgIpc) is 3.08. The summed E-state index contributed by atoms with van der Waals surface area (Å²) in [6.07, 6.45) is -2.57. The summed E-state index contributed by atoms with van der Waals surface area (Å²) in [6, 6.07) is 6.87. The van der Waals surface area contributed by atoms with Crippen LogP contribution in [0.5, 0.6) is 0 Å². The molecule has 0 saturated carbocycles. The van der Waals surface area contributed by atoms with Gasteiger partial charge in [0.25, 0.3) is 5.91 Å². The van der Waals surface area contributed by atoms with Crippen LogP contribution in [0.25, 0.3) is 5.65 Å². The third-order valence-electron chi connectivity index (χ3n) is 3.95. The van der Waals surface area contributed by atoms with Crippen molar-refractivity contribution >= 4 is 11.6 Å². The van der Waals surface area contributed by atoms with E-state index in [-0.39, 0.29) is 17.8 Å². The van der Waals surface area contributed by atoms with Crippen LogP contribution in [0.15, 0.2) is 30.5 Å². The Morgan fingerprint density at radius 3 is 2.72 bits per heavy atom. The number of fused-ring (bicyclic) bond motifs is 1. The molecule has 0 unspecified atom stereocenters. The zero-order chi connectivity index (χ0) is 18.2. The molecular weight excluding hydrogens is 335 g/mol. The van der Waals surface area contributed by atoms with Gasteiger partial charge in [0, 0.05) is 17.6 Å². The van der Waals surface area contributed by atoms with Gasteiger partial charge in [0.15, 0.2) is 11.5 Å². The highest BCUT2D eigenvalue weighted by molar-refractivity contribution is 5.95. The van der Waals surface area contributed by atoms with Crippen LogP contribution in [-0.2, 0) is 13.1 Å². The van der Waals surface area contributed by atoms with Crippen molar-refractivity contribution < 1.29 is 18.0 Å². The molecule has 0 radical (unpaired) electrons. The Kier molecular flexibility index (Phi) is 4.23. The number of halogens is 3. The van der Waals surface area contributed by atoms with Crippen molar-refractivity contribution in [3.8, 4) is 0 Å². The van der Waals surface area contributed by atoms with Crippen LogP contribution >= 0.6 is 0 Å². The molecule has 25 heavy (non-hydrogen) atoms. The Morgan fingerprint density at radius 1 is 1.24 bits per heavy atom. The fourth-order valence-electron chi connectivity index (χ4n) is 2.72. The maximum atomic E-state index is 12.7. The van der Waals surface area contributed by atoms with Gasteiger partial charge in [-0.1, -0.05) is 6.07 Å². The Hall–Kier alpha value is -2.84. The topological polar surface area (TPSA) is 64.2 Å². The van der Waals surface area contributed by atoms with Gasteiger partial charge >= 0.3 is 6.18 Å². The predicted molar refractivity (Wildman–Crippen MR) is 84.1 cm³/mol. The van der Waals surface area contributed by atoms with E-state index in [9.17, 15) is 18.0 Å². The second-order valence-electron chi connectivity index (χ2n) is 5.71. The highest BCUT2D eigenvalue weighted by Crippen LogP contribution is 2.23. The molecule has 3 aromatic heterocycles. The maximum absolute atomic E-state index is 12.7. The Bertz CT molecular complexity index is 926. The molecule has 3 rings (SSSR count). The lowest BCUT2D eigenvalue weighted by Crippen LogP contribution is -2.25. The molecule has 6 nitrogen and oxygen atoms in total. The SMILES string of the molecule is Cc1cc(C(=O)NCc2nnc3ccccn23)c(C)n1CC(F)(F)F. The van der Waals surface area contributed by atoms with E-state index < -0.39 is 18.6 Å². The quantitative estimate of drug-likeness (QED) is 0.786. The van der Waals surface area contributed by atoms with Crippen LogP contribution in [0.3, 0.4) is 0 Å². The zero-order valence-electron chi connectivity index (χ0n) is 13.6. The number of hydrogen-bond acceptors (Lipinski definition) is 3. The van der Waals surface area contributed by atoms with Crippen LogP contribution in [0.4, 0.5) is 13.2 Å². The Labute approximate surface area is 141 Å². The number of nitrogens with zero attached hydrogens (tertiary/aromatic N) is 4. The monoisotopic (exact) mass is 351 g/mol. The summed E-state index contributed by atoms with van der Waals surface area (Å²) in [5, 5.41) is 10.7. The zero-order valence-corrected chi connectivity index (χ0v) is 13.6. The lowest BCUT2D eigenvalue weighted by Gasteiger charge is -2.12. The fraction of sp³-hybridized carbons (Fsp3) is 0.312. The molecule has 0 aliphatic heterocycles. The van der Waals surface area contributed by atoms with Gasteiger partial charge in [0.05, 0.1) is 12.1 Å². The number of amides is 1. The molecule has 0 atom stereocenters. The minimum atomic E-state index is -4.34. The van der Waals surface area contributed by atoms with E-state index in [0.29, 0.717) is 17.2 Å². The molecule has 0 aliphatic carbocycles. The van der Waals surface area contributed by atoms with E-state index in [1.807, 2.05) is 12.1 Å². The Morgan fingerprint density at radius 2 is 2.00 bits per heavy atom. The van der Waals surface area contributed by atoms with E-state index in [0.717, 1.165) is 4.57 Å². The summed E-state index contributed by atoms with van der Waals surface area (Å²) in [7, 11) is 0. The molecule has 3 aromatic rings. The first-order chi connectivity index (χ1) is 11.8. The number of nitrogens with one attached hydrogen (secondary N) is 1. The first kappa shape index (κ1) is 17.0.